The summed E-state index contributed by atoms with van der Waals surface area (Å²) in [6.45, 7) is 11.2. The molecule has 2 N–H and O–H groups in total. The van der Waals surface area contributed by atoms with E-state index in [0.29, 0.717) is 13.2 Å². The van der Waals surface area contributed by atoms with Crippen molar-refractivity contribution in [2.75, 3.05) is 26.3 Å². The molecule has 1 aliphatic heterocycles. The molecule has 1 aromatic rings. The average molecular weight is 447 g/mol. The molecule has 0 saturated carbocycles. The number of nitrogens with zero attached hydrogens (tertiary/aromatic N) is 1. The maximum Gasteiger partial charge on any atom is 0.191 e. The summed E-state index contributed by atoms with van der Waals surface area (Å²) in [7, 11) is 0. The van der Waals surface area contributed by atoms with Crippen LogP contribution in [-0.2, 0) is 4.74 Å². The van der Waals surface area contributed by atoms with Crippen LogP contribution < -0.4 is 15.4 Å². The van der Waals surface area contributed by atoms with Crippen LogP contribution in [0.4, 0.5) is 0 Å². The predicted octanol–water partition coefficient (Wildman–Crippen LogP) is 3.50. The van der Waals surface area contributed by atoms with Gasteiger partial charge >= 0.3 is 0 Å². The van der Waals surface area contributed by atoms with E-state index in [1.807, 2.05) is 25.1 Å². The molecule has 1 heterocycles. The Bertz CT molecular complexity index is 535. The number of halogens is 1. The minimum absolute atomic E-state index is 0. The van der Waals surface area contributed by atoms with Crippen molar-refractivity contribution in [1.82, 2.24) is 10.6 Å². The molecule has 0 bridgehead atoms. The Morgan fingerprint density at radius 1 is 1.33 bits per heavy atom. The highest BCUT2D eigenvalue weighted by Crippen LogP contribution is 2.39. The van der Waals surface area contributed by atoms with Gasteiger partial charge in [0.25, 0.3) is 0 Å². The van der Waals surface area contributed by atoms with Crippen molar-refractivity contribution in [2.45, 2.75) is 45.8 Å². The lowest BCUT2D eigenvalue weighted by Crippen LogP contribution is -2.45. The number of nitrogens with one attached hydrogen (secondary N) is 2. The second-order valence-electron chi connectivity index (χ2n) is 6.26. The van der Waals surface area contributed by atoms with Gasteiger partial charge in [-0.25, -0.2) is 0 Å². The first-order chi connectivity index (χ1) is 11.1. The lowest BCUT2D eigenvalue weighted by atomic mass is 9.90. The fourth-order valence-electron chi connectivity index (χ4n) is 2.78. The van der Waals surface area contributed by atoms with Crippen LogP contribution in [0, 0.1) is 0 Å². The van der Waals surface area contributed by atoms with Gasteiger partial charge in [-0.05, 0) is 33.8 Å². The van der Waals surface area contributed by atoms with Crippen molar-refractivity contribution in [3.8, 4) is 5.75 Å². The van der Waals surface area contributed by atoms with Crippen molar-refractivity contribution in [2.24, 2.45) is 4.99 Å². The summed E-state index contributed by atoms with van der Waals surface area (Å²) >= 11 is 0. The summed E-state index contributed by atoms with van der Waals surface area (Å²) in [5.74, 6) is 1.77. The smallest absolute Gasteiger partial charge is 0.191 e. The lowest BCUT2D eigenvalue weighted by molar-refractivity contribution is 0.0694. The third kappa shape index (κ3) is 6.12. The van der Waals surface area contributed by atoms with E-state index in [9.17, 15) is 0 Å². The highest BCUT2D eigenvalue weighted by atomic mass is 127. The minimum Gasteiger partial charge on any atom is -0.487 e. The van der Waals surface area contributed by atoms with Gasteiger partial charge < -0.3 is 20.1 Å². The van der Waals surface area contributed by atoms with E-state index in [-0.39, 0.29) is 35.6 Å². The lowest BCUT2D eigenvalue weighted by Gasteiger charge is -2.38. The van der Waals surface area contributed by atoms with Crippen LogP contribution in [-0.4, -0.2) is 37.9 Å². The van der Waals surface area contributed by atoms with Crippen LogP contribution in [0.1, 0.15) is 45.7 Å². The fraction of sp³-hybridized carbons (Fsp3) is 0.611. The highest BCUT2D eigenvalue weighted by Gasteiger charge is 2.33. The summed E-state index contributed by atoms with van der Waals surface area (Å²) in [5.41, 5.74) is 0.983. The SMILES string of the molecule is CCNC(=NCCOCC)NC1CC(C)(C)Oc2ccccc21.I. The number of benzene rings is 1. The zero-order valence-electron chi connectivity index (χ0n) is 15.1. The van der Waals surface area contributed by atoms with E-state index >= 15 is 0 Å². The highest BCUT2D eigenvalue weighted by molar-refractivity contribution is 14.0. The summed E-state index contributed by atoms with van der Waals surface area (Å²) < 4.78 is 11.4. The zero-order chi connectivity index (χ0) is 16.7. The first-order valence-corrected chi connectivity index (χ1v) is 8.46. The Kier molecular flexibility index (Phi) is 8.83. The molecule has 0 spiro atoms. The van der Waals surface area contributed by atoms with Crippen LogP contribution >= 0.6 is 24.0 Å². The number of hydrogen-bond donors (Lipinski definition) is 2. The van der Waals surface area contributed by atoms with Gasteiger partial charge in [-0.2, -0.15) is 0 Å². The maximum atomic E-state index is 6.08. The van der Waals surface area contributed by atoms with Crippen LogP contribution in [0.5, 0.6) is 5.75 Å². The monoisotopic (exact) mass is 447 g/mol. The van der Waals surface area contributed by atoms with Gasteiger partial charge in [-0.3, -0.25) is 4.99 Å². The van der Waals surface area contributed by atoms with Crippen molar-refractivity contribution in [3.05, 3.63) is 29.8 Å². The molecule has 5 nitrogen and oxygen atoms in total. The Morgan fingerprint density at radius 2 is 2.08 bits per heavy atom. The molecular weight excluding hydrogens is 417 g/mol. The van der Waals surface area contributed by atoms with Crippen molar-refractivity contribution < 1.29 is 9.47 Å². The quantitative estimate of drug-likeness (QED) is 0.304. The van der Waals surface area contributed by atoms with E-state index in [0.717, 1.165) is 31.3 Å². The molecular formula is C18H30IN3O2. The molecule has 0 amide bonds. The normalized spacial score (nSPS) is 18.8. The minimum atomic E-state index is -0.200. The van der Waals surface area contributed by atoms with Gasteiger partial charge in [0.05, 0.1) is 19.2 Å². The van der Waals surface area contributed by atoms with Gasteiger partial charge in [0.2, 0.25) is 0 Å². The summed E-state index contributed by atoms with van der Waals surface area (Å²) in [4.78, 5) is 4.59. The molecule has 2 rings (SSSR count). The number of hydrogen-bond acceptors (Lipinski definition) is 3. The van der Waals surface area contributed by atoms with Crippen LogP contribution in [0.15, 0.2) is 29.3 Å². The Morgan fingerprint density at radius 3 is 2.79 bits per heavy atom. The maximum absolute atomic E-state index is 6.08. The zero-order valence-corrected chi connectivity index (χ0v) is 17.4. The van der Waals surface area contributed by atoms with E-state index < -0.39 is 0 Å². The van der Waals surface area contributed by atoms with Gasteiger partial charge in [0.1, 0.15) is 11.4 Å². The van der Waals surface area contributed by atoms with Gasteiger partial charge in [-0.15, -0.1) is 24.0 Å². The molecule has 1 unspecified atom stereocenters. The van der Waals surface area contributed by atoms with Gasteiger partial charge in [0.15, 0.2) is 5.96 Å². The first-order valence-electron chi connectivity index (χ1n) is 8.46. The standard InChI is InChI=1S/C18H29N3O2.HI/c1-5-19-17(20-11-12-22-6-2)21-15-13-18(3,4)23-16-10-8-7-9-14(15)16;/h7-10,15H,5-6,11-13H2,1-4H3,(H2,19,20,21);1H. The van der Waals surface area contributed by atoms with Crippen molar-refractivity contribution in [3.63, 3.8) is 0 Å². The number of rotatable bonds is 6. The number of fused-ring (bicyclic) bond motifs is 1. The molecule has 0 fully saturated rings. The van der Waals surface area contributed by atoms with E-state index in [1.165, 1.54) is 5.56 Å². The summed E-state index contributed by atoms with van der Waals surface area (Å²) in [6, 6.07) is 8.39. The van der Waals surface area contributed by atoms with Crippen LogP contribution in [0.3, 0.4) is 0 Å². The first kappa shape index (κ1) is 21.0. The molecule has 24 heavy (non-hydrogen) atoms. The number of ether oxygens (including phenoxy) is 2. The molecule has 1 aliphatic rings. The Hall–Kier alpha value is -1.02. The second kappa shape index (κ2) is 10.1. The number of para-hydroxylation sites is 1. The summed E-state index contributed by atoms with van der Waals surface area (Å²) in [5, 5.41) is 6.86. The number of aliphatic imine (C=N–C) groups is 1. The molecule has 0 aromatic heterocycles. The molecule has 0 saturated heterocycles. The molecule has 0 radical (unpaired) electrons. The molecule has 1 atom stereocenters. The average Bonchev–Trinajstić information content (AvgIpc) is 2.50. The van der Waals surface area contributed by atoms with Crippen molar-refractivity contribution in [1.29, 1.82) is 0 Å². The van der Waals surface area contributed by atoms with Gasteiger partial charge in [-0.1, -0.05) is 18.2 Å². The van der Waals surface area contributed by atoms with Crippen molar-refractivity contribution >= 4 is 29.9 Å². The molecule has 6 heteroatoms. The predicted molar refractivity (Wildman–Crippen MR) is 110 cm³/mol. The fourth-order valence-corrected chi connectivity index (χ4v) is 2.78. The molecule has 1 aromatic carbocycles. The molecule has 136 valence electrons. The third-order valence-corrected chi connectivity index (χ3v) is 3.74. The molecule has 0 aliphatic carbocycles. The largest absolute Gasteiger partial charge is 0.487 e. The Labute approximate surface area is 162 Å². The van der Waals surface area contributed by atoms with E-state index in [1.54, 1.807) is 0 Å². The third-order valence-electron chi connectivity index (χ3n) is 3.74. The second-order valence-corrected chi connectivity index (χ2v) is 6.26. The van der Waals surface area contributed by atoms with Crippen LogP contribution in [0.25, 0.3) is 0 Å². The Balaban J connectivity index is 0.00000288. The van der Waals surface area contributed by atoms with Gasteiger partial charge in [0, 0.05) is 25.1 Å². The van der Waals surface area contributed by atoms with Crippen LogP contribution in [0.2, 0.25) is 0 Å². The van der Waals surface area contributed by atoms with E-state index in [2.05, 4.69) is 42.5 Å². The number of guanidine groups is 1. The summed E-state index contributed by atoms with van der Waals surface area (Å²) in [6.07, 6.45) is 0.889. The topological polar surface area (TPSA) is 54.9 Å². The van der Waals surface area contributed by atoms with E-state index in [4.69, 9.17) is 9.47 Å².